The topological polar surface area (TPSA) is 84.3 Å². The second-order valence-electron chi connectivity index (χ2n) is 4.44. The molecule has 0 aromatic heterocycles. The van der Waals surface area contributed by atoms with Crippen LogP contribution in [-0.2, 0) is 6.54 Å². The number of amides is 1. The van der Waals surface area contributed by atoms with Gasteiger partial charge in [0.1, 0.15) is 0 Å². The fourth-order valence-corrected chi connectivity index (χ4v) is 1.90. The summed E-state index contributed by atoms with van der Waals surface area (Å²) in [5.41, 5.74) is 2.20. The Labute approximate surface area is 121 Å². The number of benzene rings is 2. The van der Waals surface area contributed by atoms with Crippen molar-refractivity contribution in [2.75, 3.05) is 12.4 Å². The smallest absolute Gasteiger partial charge is 0.269 e. The van der Waals surface area contributed by atoms with Gasteiger partial charge in [-0.15, -0.1) is 0 Å². The highest BCUT2D eigenvalue weighted by atomic mass is 16.6. The first-order valence-electron chi connectivity index (χ1n) is 6.39. The molecule has 6 nitrogen and oxygen atoms in total. The Hall–Kier alpha value is -2.89. The molecule has 21 heavy (non-hydrogen) atoms. The van der Waals surface area contributed by atoms with E-state index in [0.29, 0.717) is 12.1 Å². The summed E-state index contributed by atoms with van der Waals surface area (Å²) in [4.78, 5) is 21.8. The van der Waals surface area contributed by atoms with Crippen LogP contribution in [0.1, 0.15) is 15.9 Å². The van der Waals surface area contributed by atoms with Crippen LogP contribution in [0.3, 0.4) is 0 Å². The van der Waals surface area contributed by atoms with Crippen LogP contribution in [0.25, 0.3) is 0 Å². The van der Waals surface area contributed by atoms with E-state index in [1.165, 1.54) is 12.1 Å². The van der Waals surface area contributed by atoms with Crippen LogP contribution in [0, 0.1) is 10.1 Å². The molecule has 0 fully saturated rings. The third-order valence-corrected chi connectivity index (χ3v) is 2.97. The molecule has 0 spiro atoms. The number of nitrogens with one attached hydrogen (secondary N) is 2. The zero-order valence-corrected chi connectivity index (χ0v) is 11.5. The molecule has 0 atom stereocenters. The number of nitrogens with zero attached hydrogens (tertiary/aromatic N) is 1. The van der Waals surface area contributed by atoms with Crippen molar-refractivity contribution in [3.63, 3.8) is 0 Å². The van der Waals surface area contributed by atoms with Gasteiger partial charge < -0.3 is 10.6 Å². The highest BCUT2D eigenvalue weighted by molar-refractivity contribution is 5.94. The van der Waals surface area contributed by atoms with Gasteiger partial charge in [-0.05, 0) is 23.8 Å². The second-order valence-corrected chi connectivity index (χ2v) is 4.44. The summed E-state index contributed by atoms with van der Waals surface area (Å²) in [7, 11) is 1.57. The molecule has 108 valence electrons. The number of non-ortho nitro benzene ring substituents is 1. The minimum atomic E-state index is -0.421. The Bertz CT molecular complexity index is 671. The van der Waals surface area contributed by atoms with Gasteiger partial charge >= 0.3 is 0 Å². The van der Waals surface area contributed by atoms with Gasteiger partial charge in [0.15, 0.2) is 0 Å². The molecule has 2 aromatic carbocycles. The van der Waals surface area contributed by atoms with Gasteiger partial charge in [-0.25, -0.2) is 0 Å². The normalized spacial score (nSPS) is 9.95. The molecular formula is C15H15N3O3. The Balaban J connectivity index is 2.08. The molecule has 6 heteroatoms. The van der Waals surface area contributed by atoms with Crippen molar-refractivity contribution < 1.29 is 9.72 Å². The summed E-state index contributed by atoms with van der Waals surface area (Å²) < 4.78 is 0. The maximum absolute atomic E-state index is 11.5. The second kappa shape index (κ2) is 6.51. The number of nitro groups is 1. The van der Waals surface area contributed by atoms with E-state index in [1.807, 2.05) is 12.1 Å². The van der Waals surface area contributed by atoms with Crippen molar-refractivity contribution in [1.82, 2.24) is 5.32 Å². The first kappa shape index (κ1) is 14.5. The molecule has 0 aliphatic carbocycles. The van der Waals surface area contributed by atoms with E-state index in [2.05, 4.69) is 10.6 Å². The van der Waals surface area contributed by atoms with E-state index < -0.39 is 4.92 Å². The van der Waals surface area contributed by atoms with E-state index in [-0.39, 0.29) is 11.6 Å². The predicted molar refractivity (Wildman–Crippen MR) is 80.3 cm³/mol. The summed E-state index contributed by atoms with van der Waals surface area (Å²) >= 11 is 0. The van der Waals surface area contributed by atoms with Crippen LogP contribution in [-0.4, -0.2) is 17.9 Å². The summed E-state index contributed by atoms with van der Waals surface area (Å²) in [6.45, 7) is 0.443. The first-order valence-corrected chi connectivity index (χ1v) is 6.39. The molecule has 0 aliphatic heterocycles. The standard InChI is InChI=1S/C15H15N3O3/c1-16-15(19)12-5-3-6-13(9-12)17-10-11-4-2-7-14(8-11)18(20)21/h2-9,17H,10H2,1H3,(H,16,19). The fourth-order valence-electron chi connectivity index (χ4n) is 1.90. The third-order valence-electron chi connectivity index (χ3n) is 2.97. The van der Waals surface area contributed by atoms with Gasteiger partial charge in [0.25, 0.3) is 11.6 Å². The van der Waals surface area contributed by atoms with Crippen LogP contribution < -0.4 is 10.6 Å². The largest absolute Gasteiger partial charge is 0.381 e. The molecule has 0 bridgehead atoms. The average molecular weight is 285 g/mol. The van der Waals surface area contributed by atoms with Crippen LogP contribution in [0.4, 0.5) is 11.4 Å². The molecule has 2 rings (SSSR count). The lowest BCUT2D eigenvalue weighted by Gasteiger charge is -2.08. The average Bonchev–Trinajstić information content (AvgIpc) is 2.52. The van der Waals surface area contributed by atoms with Crippen molar-refractivity contribution in [3.05, 3.63) is 69.8 Å². The highest BCUT2D eigenvalue weighted by Crippen LogP contribution is 2.16. The third kappa shape index (κ3) is 3.79. The van der Waals surface area contributed by atoms with Gasteiger partial charge in [-0.1, -0.05) is 18.2 Å². The fraction of sp³-hybridized carbons (Fsp3) is 0.133. The number of rotatable bonds is 5. The Morgan fingerprint density at radius 2 is 1.95 bits per heavy atom. The van der Waals surface area contributed by atoms with Gasteiger partial charge in [-0.3, -0.25) is 14.9 Å². The number of hydrogen-bond acceptors (Lipinski definition) is 4. The van der Waals surface area contributed by atoms with Gasteiger partial charge in [0, 0.05) is 37.0 Å². The molecule has 0 unspecified atom stereocenters. The maximum atomic E-state index is 11.5. The van der Waals surface area contributed by atoms with E-state index in [1.54, 1.807) is 31.3 Å². The molecule has 2 aromatic rings. The molecular weight excluding hydrogens is 270 g/mol. The van der Waals surface area contributed by atoms with Crippen LogP contribution in [0.2, 0.25) is 0 Å². The monoisotopic (exact) mass is 285 g/mol. The summed E-state index contributed by atoms with van der Waals surface area (Å²) in [6.07, 6.45) is 0. The van der Waals surface area contributed by atoms with Crippen LogP contribution in [0.15, 0.2) is 48.5 Å². The quantitative estimate of drug-likeness (QED) is 0.653. The van der Waals surface area contributed by atoms with Crippen molar-refractivity contribution in [2.24, 2.45) is 0 Å². The van der Waals surface area contributed by atoms with Crippen molar-refractivity contribution in [3.8, 4) is 0 Å². The van der Waals surface area contributed by atoms with Gasteiger partial charge in [0.2, 0.25) is 0 Å². The Morgan fingerprint density at radius 1 is 1.19 bits per heavy atom. The summed E-state index contributed by atoms with van der Waals surface area (Å²) in [6, 6.07) is 13.5. The predicted octanol–water partition coefficient (Wildman–Crippen LogP) is 2.57. The molecule has 0 heterocycles. The van der Waals surface area contributed by atoms with Gasteiger partial charge in [0.05, 0.1) is 4.92 Å². The molecule has 0 radical (unpaired) electrons. The highest BCUT2D eigenvalue weighted by Gasteiger charge is 2.06. The molecule has 0 saturated carbocycles. The summed E-state index contributed by atoms with van der Waals surface area (Å²) in [5, 5.41) is 16.4. The lowest BCUT2D eigenvalue weighted by atomic mass is 10.1. The van der Waals surface area contributed by atoms with E-state index in [4.69, 9.17) is 0 Å². The SMILES string of the molecule is CNC(=O)c1cccc(NCc2cccc([N+](=O)[O-])c2)c1. The van der Waals surface area contributed by atoms with E-state index in [0.717, 1.165) is 11.3 Å². The van der Waals surface area contributed by atoms with Crippen molar-refractivity contribution in [2.45, 2.75) is 6.54 Å². The minimum absolute atomic E-state index is 0.0633. The van der Waals surface area contributed by atoms with Gasteiger partial charge in [-0.2, -0.15) is 0 Å². The number of nitro benzene ring substituents is 1. The number of carbonyl (C=O) groups is 1. The van der Waals surface area contributed by atoms with E-state index >= 15 is 0 Å². The van der Waals surface area contributed by atoms with Crippen LogP contribution >= 0.6 is 0 Å². The summed E-state index contributed by atoms with van der Waals surface area (Å²) in [5.74, 6) is -0.158. The minimum Gasteiger partial charge on any atom is -0.381 e. The van der Waals surface area contributed by atoms with E-state index in [9.17, 15) is 14.9 Å². The van der Waals surface area contributed by atoms with Crippen molar-refractivity contribution in [1.29, 1.82) is 0 Å². The molecule has 0 saturated heterocycles. The van der Waals surface area contributed by atoms with Crippen molar-refractivity contribution >= 4 is 17.3 Å². The van der Waals surface area contributed by atoms with Crippen LogP contribution in [0.5, 0.6) is 0 Å². The Kier molecular flexibility index (Phi) is 4.50. The molecule has 0 aliphatic rings. The number of hydrogen-bond donors (Lipinski definition) is 2. The zero-order chi connectivity index (χ0) is 15.2. The lowest BCUT2D eigenvalue weighted by Crippen LogP contribution is -2.17. The molecule has 1 amide bonds. The number of carbonyl (C=O) groups excluding carboxylic acids is 1. The Morgan fingerprint density at radius 3 is 2.67 bits per heavy atom. The lowest BCUT2D eigenvalue weighted by molar-refractivity contribution is -0.384. The molecule has 2 N–H and O–H groups in total. The zero-order valence-electron chi connectivity index (χ0n) is 11.5. The maximum Gasteiger partial charge on any atom is 0.269 e. The number of anilines is 1. The first-order chi connectivity index (χ1) is 10.1.